The highest BCUT2D eigenvalue weighted by Gasteiger charge is 2.21. The number of nitrogens with one attached hydrogen (secondary N) is 2. The van der Waals surface area contributed by atoms with Crippen LogP contribution in [-0.4, -0.2) is 11.8 Å². The van der Waals surface area contributed by atoms with E-state index in [4.69, 9.17) is 4.42 Å². The fraction of sp³-hybridized carbons (Fsp3) is 0.0833. The molecule has 1 heterocycles. The first-order valence-corrected chi connectivity index (χ1v) is 9.32. The zero-order valence-electron chi connectivity index (χ0n) is 15.9. The number of hydrogen-bond donors (Lipinski definition) is 2. The zero-order valence-corrected chi connectivity index (χ0v) is 15.9. The van der Waals surface area contributed by atoms with Crippen molar-refractivity contribution >= 4 is 28.5 Å². The van der Waals surface area contributed by atoms with Gasteiger partial charge in [0, 0.05) is 23.6 Å². The van der Waals surface area contributed by atoms with Crippen molar-refractivity contribution in [3.8, 4) is 0 Å². The molecular weight excluding hydrogens is 364 g/mol. The highest BCUT2D eigenvalue weighted by Crippen LogP contribution is 2.28. The Bertz CT molecular complexity index is 1110. The summed E-state index contributed by atoms with van der Waals surface area (Å²) in [4.78, 5) is 24.1. The molecule has 1 unspecified atom stereocenters. The average Bonchev–Trinajstić information content (AvgIpc) is 3.16. The Morgan fingerprint density at radius 1 is 0.862 bits per heavy atom. The number of amides is 2. The summed E-state index contributed by atoms with van der Waals surface area (Å²) in [7, 11) is 0. The summed E-state index contributed by atoms with van der Waals surface area (Å²) in [6, 6.07) is 25.8. The molecule has 5 heteroatoms. The minimum Gasteiger partial charge on any atom is -0.459 e. The second-order valence-electron chi connectivity index (χ2n) is 6.76. The van der Waals surface area contributed by atoms with E-state index < -0.39 is 6.04 Å². The van der Waals surface area contributed by atoms with Gasteiger partial charge < -0.3 is 15.1 Å². The van der Waals surface area contributed by atoms with Gasteiger partial charge in [-0.2, -0.15) is 0 Å². The van der Waals surface area contributed by atoms with Gasteiger partial charge in [0.15, 0.2) is 0 Å². The first kappa shape index (κ1) is 18.5. The monoisotopic (exact) mass is 384 g/mol. The first-order chi connectivity index (χ1) is 14.1. The van der Waals surface area contributed by atoms with Crippen LogP contribution in [0.4, 0.5) is 5.69 Å². The minimum atomic E-state index is -0.425. The third kappa shape index (κ3) is 4.19. The lowest BCUT2D eigenvalue weighted by atomic mass is 10.0. The van der Waals surface area contributed by atoms with Gasteiger partial charge in [0.25, 0.3) is 5.91 Å². The molecule has 5 nitrogen and oxygen atoms in total. The molecule has 0 aliphatic heterocycles. The predicted octanol–water partition coefficient (Wildman–Crippen LogP) is 4.91. The number of para-hydroxylation sites is 1. The number of anilines is 1. The van der Waals surface area contributed by atoms with E-state index in [-0.39, 0.29) is 11.8 Å². The molecule has 3 aromatic carbocycles. The van der Waals surface area contributed by atoms with E-state index in [1.165, 1.54) is 6.92 Å². The Balaban J connectivity index is 1.63. The van der Waals surface area contributed by atoms with Gasteiger partial charge in [-0.15, -0.1) is 0 Å². The van der Waals surface area contributed by atoms with Crippen LogP contribution in [0.25, 0.3) is 11.0 Å². The summed E-state index contributed by atoms with van der Waals surface area (Å²) in [5.41, 5.74) is 2.84. The number of fused-ring (bicyclic) bond motifs is 1. The highest BCUT2D eigenvalue weighted by molar-refractivity contribution is 5.96. The van der Waals surface area contributed by atoms with Gasteiger partial charge in [0.1, 0.15) is 17.4 Å². The molecule has 2 amide bonds. The van der Waals surface area contributed by atoms with Crippen molar-refractivity contribution in [2.75, 3.05) is 5.32 Å². The molecule has 144 valence electrons. The minimum absolute atomic E-state index is 0.156. The van der Waals surface area contributed by atoms with E-state index in [0.29, 0.717) is 17.0 Å². The van der Waals surface area contributed by atoms with Crippen LogP contribution < -0.4 is 10.6 Å². The van der Waals surface area contributed by atoms with E-state index >= 15 is 0 Å². The van der Waals surface area contributed by atoms with Crippen LogP contribution in [0.1, 0.15) is 34.6 Å². The molecule has 29 heavy (non-hydrogen) atoms. The summed E-state index contributed by atoms with van der Waals surface area (Å²) in [6.45, 7) is 1.44. The third-order valence-electron chi connectivity index (χ3n) is 4.60. The molecule has 0 bridgehead atoms. The number of benzene rings is 3. The van der Waals surface area contributed by atoms with Crippen molar-refractivity contribution in [3.63, 3.8) is 0 Å². The first-order valence-electron chi connectivity index (χ1n) is 9.32. The van der Waals surface area contributed by atoms with Crippen molar-refractivity contribution in [1.82, 2.24) is 5.32 Å². The van der Waals surface area contributed by atoms with Crippen LogP contribution >= 0.6 is 0 Å². The summed E-state index contributed by atoms with van der Waals surface area (Å²) in [5, 5.41) is 6.74. The van der Waals surface area contributed by atoms with Crippen LogP contribution in [0.5, 0.6) is 0 Å². The maximum Gasteiger partial charge on any atom is 0.252 e. The number of carbonyl (C=O) groups excluding carboxylic acids is 2. The summed E-state index contributed by atoms with van der Waals surface area (Å²) in [5.74, 6) is 0.283. The Hall–Kier alpha value is -3.86. The normalized spacial score (nSPS) is 11.8. The molecule has 0 radical (unpaired) electrons. The van der Waals surface area contributed by atoms with E-state index in [2.05, 4.69) is 10.6 Å². The second-order valence-corrected chi connectivity index (χ2v) is 6.76. The summed E-state index contributed by atoms with van der Waals surface area (Å²) < 4.78 is 6.02. The Kier molecular flexibility index (Phi) is 5.12. The van der Waals surface area contributed by atoms with Crippen LogP contribution in [-0.2, 0) is 4.79 Å². The van der Waals surface area contributed by atoms with Crippen LogP contribution in [0.3, 0.4) is 0 Å². The fourth-order valence-electron chi connectivity index (χ4n) is 3.23. The molecule has 1 aromatic heterocycles. The van der Waals surface area contributed by atoms with Crippen LogP contribution in [0.15, 0.2) is 89.3 Å². The van der Waals surface area contributed by atoms with Gasteiger partial charge in [0.05, 0.1) is 0 Å². The van der Waals surface area contributed by atoms with Crippen molar-refractivity contribution in [2.24, 2.45) is 0 Å². The van der Waals surface area contributed by atoms with E-state index in [9.17, 15) is 9.59 Å². The standard InChI is InChI=1S/C24H20N2O3/c1-16(27)25-20-13-11-18(12-14-20)24(28)26-23(17-7-3-2-4-8-17)22-15-19-9-5-6-10-21(19)29-22/h2-15,23H,1H3,(H,25,27)(H,26,28). The van der Waals surface area contributed by atoms with Crippen molar-refractivity contribution < 1.29 is 14.0 Å². The lowest BCUT2D eigenvalue weighted by molar-refractivity contribution is -0.114. The highest BCUT2D eigenvalue weighted by atomic mass is 16.3. The Labute approximate surface area is 168 Å². The average molecular weight is 384 g/mol. The van der Waals surface area contributed by atoms with Gasteiger partial charge >= 0.3 is 0 Å². The number of rotatable bonds is 5. The molecule has 0 aliphatic carbocycles. The maximum absolute atomic E-state index is 12.9. The lowest BCUT2D eigenvalue weighted by Gasteiger charge is -2.17. The summed E-state index contributed by atoms with van der Waals surface area (Å²) in [6.07, 6.45) is 0. The second kappa shape index (κ2) is 8.02. The lowest BCUT2D eigenvalue weighted by Crippen LogP contribution is -2.29. The molecule has 0 fully saturated rings. The molecule has 0 spiro atoms. The maximum atomic E-state index is 12.9. The van der Waals surface area contributed by atoms with Gasteiger partial charge in [0.2, 0.25) is 5.91 Å². The molecule has 2 N–H and O–H groups in total. The van der Waals surface area contributed by atoms with E-state index in [1.807, 2.05) is 60.7 Å². The largest absolute Gasteiger partial charge is 0.459 e. The van der Waals surface area contributed by atoms with Crippen molar-refractivity contribution in [2.45, 2.75) is 13.0 Å². The summed E-state index contributed by atoms with van der Waals surface area (Å²) >= 11 is 0. The predicted molar refractivity (Wildman–Crippen MR) is 113 cm³/mol. The quantitative estimate of drug-likeness (QED) is 0.513. The number of carbonyl (C=O) groups is 2. The molecule has 0 aliphatic rings. The van der Waals surface area contributed by atoms with Crippen molar-refractivity contribution in [3.05, 3.63) is 102 Å². The van der Waals surface area contributed by atoms with E-state index in [1.54, 1.807) is 24.3 Å². The van der Waals surface area contributed by atoms with Crippen LogP contribution in [0.2, 0.25) is 0 Å². The van der Waals surface area contributed by atoms with E-state index in [0.717, 1.165) is 16.5 Å². The topological polar surface area (TPSA) is 71.3 Å². The SMILES string of the molecule is CC(=O)Nc1ccc(C(=O)NC(c2ccccc2)c2cc3ccccc3o2)cc1. The third-order valence-corrected chi connectivity index (χ3v) is 4.60. The molecule has 4 rings (SSSR count). The zero-order chi connectivity index (χ0) is 20.2. The van der Waals surface area contributed by atoms with Gasteiger partial charge in [-0.3, -0.25) is 9.59 Å². The van der Waals surface area contributed by atoms with Crippen molar-refractivity contribution in [1.29, 1.82) is 0 Å². The van der Waals surface area contributed by atoms with Gasteiger partial charge in [-0.25, -0.2) is 0 Å². The number of hydrogen-bond acceptors (Lipinski definition) is 3. The Morgan fingerprint density at radius 3 is 2.24 bits per heavy atom. The number of furan rings is 1. The van der Waals surface area contributed by atoms with Gasteiger partial charge in [-0.05, 0) is 42.0 Å². The molecule has 0 saturated heterocycles. The van der Waals surface area contributed by atoms with Crippen LogP contribution in [0, 0.1) is 0 Å². The molecular formula is C24H20N2O3. The molecule has 0 saturated carbocycles. The van der Waals surface area contributed by atoms with Gasteiger partial charge in [-0.1, -0.05) is 48.5 Å². The smallest absolute Gasteiger partial charge is 0.252 e. The fourth-order valence-corrected chi connectivity index (χ4v) is 3.23. The Morgan fingerprint density at radius 2 is 1.55 bits per heavy atom. The molecule has 4 aromatic rings. The molecule has 1 atom stereocenters.